The van der Waals surface area contributed by atoms with E-state index in [-0.39, 0.29) is 17.1 Å². The Bertz CT molecular complexity index is 909. The number of carboxylic acids is 1. The Morgan fingerprint density at radius 1 is 1.07 bits per heavy atom. The van der Waals surface area contributed by atoms with Crippen LogP contribution in [0.25, 0.3) is 6.08 Å². The molecule has 0 spiro atoms. The highest BCUT2D eigenvalue weighted by Crippen LogP contribution is 2.35. The van der Waals surface area contributed by atoms with E-state index >= 15 is 0 Å². The second kappa shape index (κ2) is 9.09. The second-order valence-electron chi connectivity index (χ2n) is 5.46. The molecule has 0 atom stereocenters. The van der Waals surface area contributed by atoms with Crippen molar-refractivity contribution in [3.05, 3.63) is 59.7 Å². The normalized spacial score (nSPS) is 11.5. The van der Waals surface area contributed by atoms with Crippen molar-refractivity contribution in [3.63, 3.8) is 0 Å². The summed E-state index contributed by atoms with van der Waals surface area (Å²) in [7, 11) is 1.08. The molecule has 0 amide bonds. The topological polar surface area (TPSA) is 82.1 Å². The van der Waals surface area contributed by atoms with Gasteiger partial charge in [0.25, 0.3) is 0 Å². The number of carbonyl (C=O) groups excluding carboxylic acids is 1. The number of hydrogen-bond donors (Lipinski definition) is 1. The van der Waals surface area contributed by atoms with Gasteiger partial charge in [0.05, 0.1) is 12.7 Å². The first-order chi connectivity index (χ1) is 13.6. The van der Waals surface area contributed by atoms with Gasteiger partial charge in [0.2, 0.25) is 0 Å². The highest BCUT2D eigenvalue weighted by Gasteiger charge is 2.44. The molecule has 10 heteroatoms. The molecule has 0 unspecified atom stereocenters. The van der Waals surface area contributed by atoms with Crippen molar-refractivity contribution in [3.8, 4) is 17.2 Å². The summed E-state index contributed by atoms with van der Waals surface area (Å²) in [6.45, 7) is 0. The first-order valence-corrected chi connectivity index (χ1v) is 7.88. The van der Waals surface area contributed by atoms with E-state index in [4.69, 9.17) is 14.6 Å². The van der Waals surface area contributed by atoms with Crippen molar-refractivity contribution in [2.45, 2.75) is 12.5 Å². The number of benzene rings is 2. The number of rotatable bonds is 8. The number of methoxy groups -OCH3 is 1. The van der Waals surface area contributed by atoms with Gasteiger partial charge < -0.3 is 19.3 Å². The van der Waals surface area contributed by atoms with Crippen LogP contribution in [0, 0.1) is 0 Å². The molecule has 2 aromatic carbocycles. The lowest BCUT2D eigenvalue weighted by molar-refractivity contribution is -0.253. The minimum absolute atomic E-state index is 0.107. The molecule has 0 aliphatic heterocycles. The quantitative estimate of drug-likeness (QED) is 0.301. The molecular formula is C19H14F4O6. The summed E-state index contributed by atoms with van der Waals surface area (Å²) in [5.74, 6) is -2.90. The van der Waals surface area contributed by atoms with Gasteiger partial charge in [0, 0.05) is 6.08 Å². The standard InChI is InChI=1S/C19H14F4O6/c1-27-15-10-12(5-8-14(15)29-19(22,23)18(20)21)17(26)28-13-6-2-11(3-7-13)4-9-16(24)25/h2-10,18H,1H3,(H,24,25). The summed E-state index contributed by atoms with van der Waals surface area (Å²) < 4.78 is 64.6. The molecule has 0 saturated heterocycles. The van der Waals surface area contributed by atoms with Crippen molar-refractivity contribution >= 4 is 18.0 Å². The fourth-order valence-electron chi connectivity index (χ4n) is 2.05. The fraction of sp³-hybridized carbons (Fsp3) is 0.158. The molecule has 2 rings (SSSR count). The van der Waals surface area contributed by atoms with E-state index in [0.717, 1.165) is 31.4 Å². The van der Waals surface area contributed by atoms with Crippen molar-refractivity contribution in [1.29, 1.82) is 0 Å². The molecule has 0 fully saturated rings. The van der Waals surface area contributed by atoms with Gasteiger partial charge in [-0.25, -0.2) is 9.59 Å². The zero-order valence-corrected chi connectivity index (χ0v) is 14.8. The zero-order chi connectivity index (χ0) is 21.6. The second-order valence-corrected chi connectivity index (χ2v) is 5.46. The molecule has 2 aromatic rings. The molecule has 0 aromatic heterocycles. The Morgan fingerprint density at radius 3 is 2.28 bits per heavy atom. The lowest BCUT2D eigenvalue weighted by Gasteiger charge is -2.18. The van der Waals surface area contributed by atoms with Crippen molar-refractivity contribution in [2.24, 2.45) is 0 Å². The average Bonchev–Trinajstić information content (AvgIpc) is 2.67. The third kappa shape index (κ3) is 5.96. The predicted octanol–water partition coefficient (Wildman–Crippen LogP) is 4.25. The Hall–Kier alpha value is -3.56. The number of alkyl halides is 4. The summed E-state index contributed by atoms with van der Waals surface area (Å²) >= 11 is 0. The number of esters is 1. The van der Waals surface area contributed by atoms with Gasteiger partial charge in [-0.1, -0.05) is 12.1 Å². The predicted molar refractivity (Wildman–Crippen MR) is 92.6 cm³/mol. The van der Waals surface area contributed by atoms with Crippen LogP contribution in [0.4, 0.5) is 17.6 Å². The Balaban J connectivity index is 2.14. The molecular weight excluding hydrogens is 400 g/mol. The van der Waals surface area contributed by atoms with Gasteiger partial charge in [0.1, 0.15) is 5.75 Å². The van der Waals surface area contributed by atoms with Crippen LogP contribution in [0.2, 0.25) is 0 Å². The Kier molecular flexibility index (Phi) is 6.81. The number of carboxylic acid groups (broad SMARTS) is 1. The number of carbonyl (C=O) groups is 2. The van der Waals surface area contributed by atoms with Crippen LogP contribution in [0.5, 0.6) is 17.2 Å². The van der Waals surface area contributed by atoms with E-state index in [1.165, 1.54) is 30.3 Å². The third-order valence-electron chi connectivity index (χ3n) is 3.41. The van der Waals surface area contributed by atoms with E-state index in [2.05, 4.69) is 4.74 Å². The highest BCUT2D eigenvalue weighted by atomic mass is 19.3. The largest absolute Gasteiger partial charge is 0.493 e. The van der Waals surface area contributed by atoms with Gasteiger partial charge in [0.15, 0.2) is 11.5 Å². The van der Waals surface area contributed by atoms with E-state index in [1.807, 2.05) is 0 Å². The third-order valence-corrected chi connectivity index (χ3v) is 3.41. The molecule has 0 aliphatic rings. The van der Waals surface area contributed by atoms with Crippen molar-refractivity contribution in [2.75, 3.05) is 7.11 Å². The molecule has 0 saturated carbocycles. The number of aliphatic carboxylic acids is 1. The molecule has 29 heavy (non-hydrogen) atoms. The summed E-state index contributed by atoms with van der Waals surface area (Å²) in [4.78, 5) is 22.7. The average molecular weight is 414 g/mol. The van der Waals surface area contributed by atoms with Crippen LogP contribution in [0.15, 0.2) is 48.5 Å². The minimum Gasteiger partial charge on any atom is -0.493 e. The molecule has 1 N–H and O–H groups in total. The van der Waals surface area contributed by atoms with E-state index in [0.29, 0.717) is 5.56 Å². The summed E-state index contributed by atoms with van der Waals surface area (Å²) in [5, 5.41) is 8.57. The fourth-order valence-corrected chi connectivity index (χ4v) is 2.05. The number of halogens is 4. The van der Waals surface area contributed by atoms with Gasteiger partial charge in [-0.3, -0.25) is 0 Å². The summed E-state index contributed by atoms with van der Waals surface area (Å²) in [6.07, 6.45) is -6.50. The first kappa shape index (κ1) is 21.7. The highest BCUT2D eigenvalue weighted by molar-refractivity contribution is 5.92. The Morgan fingerprint density at radius 2 is 1.72 bits per heavy atom. The van der Waals surface area contributed by atoms with Gasteiger partial charge >= 0.3 is 24.5 Å². The van der Waals surface area contributed by atoms with E-state index < -0.39 is 30.2 Å². The molecule has 154 valence electrons. The monoisotopic (exact) mass is 414 g/mol. The lowest BCUT2D eigenvalue weighted by Crippen LogP contribution is -2.33. The maximum atomic E-state index is 13.1. The Labute approximate surface area is 161 Å². The van der Waals surface area contributed by atoms with Crippen LogP contribution in [0.3, 0.4) is 0 Å². The smallest absolute Gasteiger partial charge is 0.461 e. The molecule has 0 aliphatic carbocycles. The summed E-state index contributed by atoms with van der Waals surface area (Å²) in [6, 6.07) is 8.77. The number of ether oxygens (including phenoxy) is 3. The van der Waals surface area contributed by atoms with Gasteiger partial charge in [-0.05, 0) is 42.0 Å². The van der Waals surface area contributed by atoms with Crippen LogP contribution < -0.4 is 14.2 Å². The molecule has 0 radical (unpaired) electrons. The maximum Gasteiger partial charge on any atom is 0.461 e. The van der Waals surface area contributed by atoms with E-state index in [9.17, 15) is 27.2 Å². The minimum atomic E-state index is -4.73. The van der Waals surface area contributed by atoms with Crippen molar-refractivity contribution < 1.29 is 46.5 Å². The summed E-state index contributed by atoms with van der Waals surface area (Å²) in [5.41, 5.74) is 0.444. The lowest BCUT2D eigenvalue weighted by atomic mass is 10.2. The molecule has 6 nitrogen and oxygen atoms in total. The maximum absolute atomic E-state index is 13.1. The van der Waals surface area contributed by atoms with E-state index in [1.54, 1.807) is 0 Å². The van der Waals surface area contributed by atoms with Crippen molar-refractivity contribution in [1.82, 2.24) is 0 Å². The van der Waals surface area contributed by atoms with Gasteiger partial charge in [-0.15, -0.1) is 0 Å². The van der Waals surface area contributed by atoms with Crippen LogP contribution in [-0.4, -0.2) is 36.7 Å². The van der Waals surface area contributed by atoms with Crippen LogP contribution in [-0.2, 0) is 4.79 Å². The number of hydrogen-bond acceptors (Lipinski definition) is 5. The molecule has 0 heterocycles. The van der Waals surface area contributed by atoms with Gasteiger partial charge in [-0.2, -0.15) is 17.6 Å². The molecule has 0 bridgehead atoms. The zero-order valence-electron chi connectivity index (χ0n) is 14.8. The van der Waals surface area contributed by atoms with Crippen LogP contribution in [0.1, 0.15) is 15.9 Å². The first-order valence-electron chi connectivity index (χ1n) is 7.88. The SMILES string of the molecule is COc1cc(C(=O)Oc2ccc(C=CC(=O)O)cc2)ccc1OC(F)(F)C(F)F. The van der Waals surface area contributed by atoms with Crippen LogP contribution >= 0.6 is 0 Å².